The Bertz CT molecular complexity index is 403. The molecule has 3 heteroatoms. The van der Waals surface area contributed by atoms with Gasteiger partial charge in [-0.2, -0.15) is 0 Å². The summed E-state index contributed by atoms with van der Waals surface area (Å²) < 4.78 is 0. The molecule has 0 spiro atoms. The summed E-state index contributed by atoms with van der Waals surface area (Å²) in [5.41, 5.74) is 2.72. The quantitative estimate of drug-likeness (QED) is 0.911. The summed E-state index contributed by atoms with van der Waals surface area (Å²) >= 11 is 0. The summed E-state index contributed by atoms with van der Waals surface area (Å²) in [7, 11) is 2.23. The Morgan fingerprint density at radius 1 is 1.15 bits per heavy atom. The van der Waals surface area contributed by atoms with Gasteiger partial charge in [-0.15, -0.1) is 0 Å². The van der Waals surface area contributed by atoms with E-state index in [1.54, 1.807) is 0 Å². The zero-order valence-electron chi connectivity index (χ0n) is 13.6. The first-order chi connectivity index (χ1) is 9.52. The number of likely N-dealkylation sites (N-methyl/N-ethyl adjacent to an activating group) is 1. The maximum absolute atomic E-state index is 3.46. The first-order valence-corrected chi connectivity index (χ1v) is 7.83. The molecule has 3 unspecified atom stereocenters. The van der Waals surface area contributed by atoms with Crippen LogP contribution >= 0.6 is 0 Å². The molecule has 1 N–H and O–H groups in total. The maximum Gasteiger partial charge on any atom is 0.0367 e. The van der Waals surface area contributed by atoms with E-state index in [0.717, 1.165) is 19.6 Å². The molecule has 1 saturated heterocycles. The minimum Gasteiger partial charge on any atom is -0.368 e. The lowest BCUT2D eigenvalue weighted by Crippen LogP contribution is -2.55. The summed E-state index contributed by atoms with van der Waals surface area (Å²) in [6.07, 6.45) is 0. The lowest BCUT2D eigenvalue weighted by Gasteiger charge is -2.43. The monoisotopic (exact) mass is 275 g/mol. The van der Waals surface area contributed by atoms with E-state index in [-0.39, 0.29) is 0 Å². The third kappa shape index (κ3) is 3.33. The highest BCUT2D eigenvalue weighted by molar-refractivity contribution is 5.49. The van der Waals surface area contributed by atoms with Gasteiger partial charge in [0.1, 0.15) is 0 Å². The van der Waals surface area contributed by atoms with Crippen LogP contribution in [-0.2, 0) is 0 Å². The van der Waals surface area contributed by atoms with Crippen molar-refractivity contribution in [3.05, 3.63) is 29.8 Å². The lowest BCUT2D eigenvalue weighted by atomic mass is 10.1. The summed E-state index contributed by atoms with van der Waals surface area (Å²) in [6, 6.07) is 10.7. The Morgan fingerprint density at radius 3 is 2.20 bits per heavy atom. The van der Waals surface area contributed by atoms with Crippen LogP contribution in [0.15, 0.2) is 24.3 Å². The van der Waals surface area contributed by atoms with Gasteiger partial charge in [0.2, 0.25) is 0 Å². The Balaban J connectivity index is 2.06. The number of anilines is 1. The fourth-order valence-corrected chi connectivity index (χ4v) is 3.01. The van der Waals surface area contributed by atoms with E-state index >= 15 is 0 Å². The molecule has 0 aliphatic carbocycles. The molecule has 1 aromatic carbocycles. The predicted molar refractivity (Wildman–Crippen MR) is 87.4 cm³/mol. The highest BCUT2D eigenvalue weighted by Crippen LogP contribution is 2.23. The topological polar surface area (TPSA) is 18.5 Å². The van der Waals surface area contributed by atoms with Crippen LogP contribution in [0, 0.1) is 0 Å². The van der Waals surface area contributed by atoms with E-state index in [9.17, 15) is 0 Å². The largest absolute Gasteiger partial charge is 0.368 e. The van der Waals surface area contributed by atoms with E-state index in [1.807, 2.05) is 0 Å². The van der Waals surface area contributed by atoms with E-state index in [2.05, 4.69) is 74.1 Å². The molecule has 0 saturated carbocycles. The van der Waals surface area contributed by atoms with Crippen LogP contribution in [0.3, 0.4) is 0 Å². The molecule has 1 aliphatic rings. The molecule has 1 heterocycles. The lowest BCUT2D eigenvalue weighted by molar-refractivity contribution is 0.170. The van der Waals surface area contributed by atoms with Gasteiger partial charge in [-0.3, -0.25) is 4.90 Å². The van der Waals surface area contributed by atoms with E-state index in [1.165, 1.54) is 11.3 Å². The molecule has 1 aromatic rings. The van der Waals surface area contributed by atoms with Crippen LogP contribution < -0.4 is 10.2 Å². The zero-order valence-corrected chi connectivity index (χ0v) is 13.6. The fraction of sp³-hybridized carbons (Fsp3) is 0.647. The summed E-state index contributed by atoms with van der Waals surface area (Å²) in [5, 5.41) is 3.46. The Morgan fingerprint density at radius 2 is 1.70 bits per heavy atom. The Hall–Kier alpha value is -1.06. The average molecular weight is 275 g/mol. The average Bonchev–Trinajstić information content (AvgIpc) is 2.44. The Kier molecular flexibility index (Phi) is 5.06. The minimum absolute atomic E-state index is 0.430. The summed E-state index contributed by atoms with van der Waals surface area (Å²) in [4.78, 5) is 4.98. The molecule has 1 aliphatic heterocycles. The predicted octanol–water partition coefficient (Wildman–Crippen LogP) is 2.89. The van der Waals surface area contributed by atoms with Gasteiger partial charge in [0, 0.05) is 36.9 Å². The number of piperazine rings is 1. The third-order valence-corrected chi connectivity index (χ3v) is 4.63. The van der Waals surface area contributed by atoms with Crippen molar-refractivity contribution in [2.45, 2.75) is 45.8 Å². The van der Waals surface area contributed by atoms with Crippen LogP contribution in [0.25, 0.3) is 0 Å². The van der Waals surface area contributed by atoms with Gasteiger partial charge in [0.15, 0.2) is 0 Å². The van der Waals surface area contributed by atoms with Gasteiger partial charge in [-0.05, 0) is 52.1 Å². The number of nitrogens with one attached hydrogen (secondary N) is 1. The molecule has 0 aromatic heterocycles. The first kappa shape index (κ1) is 15.3. The van der Waals surface area contributed by atoms with Gasteiger partial charge in [0.25, 0.3) is 0 Å². The van der Waals surface area contributed by atoms with Crippen molar-refractivity contribution < 1.29 is 0 Å². The van der Waals surface area contributed by atoms with E-state index < -0.39 is 0 Å². The van der Waals surface area contributed by atoms with Crippen molar-refractivity contribution in [1.82, 2.24) is 10.2 Å². The molecule has 1 fully saturated rings. The van der Waals surface area contributed by atoms with Gasteiger partial charge in [-0.25, -0.2) is 0 Å². The zero-order chi connectivity index (χ0) is 14.7. The standard InChI is InChI=1S/C17H29N3/c1-6-18-15(4)16-7-9-17(10-8-16)20-11-13(2)19(5)14(3)12-20/h7-10,13-15,18H,6,11-12H2,1-5H3. The van der Waals surface area contributed by atoms with E-state index in [4.69, 9.17) is 0 Å². The normalized spacial score (nSPS) is 25.8. The van der Waals surface area contributed by atoms with Crippen LogP contribution in [0.5, 0.6) is 0 Å². The van der Waals surface area contributed by atoms with Crippen molar-refractivity contribution >= 4 is 5.69 Å². The van der Waals surface area contributed by atoms with Crippen molar-refractivity contribution in [2.24, 2.45) is 0 Å². The second-order valence-corrected chi connectivity index (χ2v) is 6.14. The summed E-state index contributed by atoms with van der Waals surface area (Å²) in [5.74, 6) is 0. The van der Waals surface area contributed by atoms with Crippen LogP contribution in [0.1, 0.15) is 39.3 Å². The van der Waals surface area contributed by atoms with Gasteiger partial charge >= 0.3 is 0 Å². The summed E-state index contributed by atoms with van der Waals surface area (Å²) in [6.45, 7) is 12.2. The molecule has 2 rings (SSSR count). The number of rotatable bonds is 4. The van der Waals surface area contributed by atoms with Crippen LogP contribution in [0.2, 0.25) is 0 Å². The second kappa shape index (κ2) is 6.59. The van der Waals surface area contributed by atoms with Crippen LogP contribution in [0.4, 0.5) is 5.69 Å². The molecule has 3 atom stereocenters. The molecular formula is C17H29N3. The molecular weight excluding hydrogens is 246 g/mol. The number of hydrogen-bond donors (Lipinski definition) is 1. The number of hydrogen-bond acceptors (Lipinski definition) is 3. The van der Waals surface area contributed by atoms with Gasteiger partial charge < -0.3 is 10.2 Å². The second-order valence-electron chi connectivity index (χ2n) is 6.14. The van der Waals surface area contributed by atoms with Crippen molar-refractivity contribution in [1.29, 1.82) is 0 Å². The molecule has 0 amide bonds. The molecule has 20 heavy (non-hydrogen) atoms. The smallest absolute Gasteiger partial charge is 0.0367 e. The van der Waals surface area contributed by atoms with Gasteiger partial charge in [0.05, 0.1) is 0 Å². The number of nitrogens with zero attached hydrogens (tertiary/aromatic N) is 2. The van der Waals surface area contributed by atoms with Crippen molar-refractivity contribution in [2.75, 3.05) is 31.6 Å². The molecule has 0 bridgehead atoms. The molecule has 112 valence electrons. The Labute approximate surface area is 124 Å². The SMILES string of the molecule is CCNC(C)c1ccc(N2CC(C)N(C)C(C)C2)cc1. The minimum atomic E-state index is 0.430. The highest BCUT2D eigenvalue weighted by Gasteiger charge is 2.26. The van der Waals surface area contributed by atoms with Crippen molar-refractivity contribution in [3.8, 4) is 0 Å². The first-order valence-electron chi connectivity index (χ1n) is 7.83. The molecule has 3 nitrogen and oxygen atoms in total. The molecule has 0 radical (unpaired) electrons. The van der Waals surface area contributed by atoms with Gasteiger partial charge in [-0.1, -0.05) is 19.1 Å². The highest BCUT2D eigenvalue weighted by atomic mass is 15.3. The maximum atomic E-state index is 3.46. The third-order valence-electron chi connectivity index (χ3n) is 4.63. The van der Waals surface area contributed by atoms with Crippen LogP contribution in [-0.4, -0.2) is 43.7 Å². The number of benzene rings is 1. The fourth-order valence-electron chi connectivity index (χ4n) is 3.01. The van der Waals surface area contributed by atoms with E-state index in [0.29, 0.717) is 18.1 Å². The van der Waals surface area contributed by atoms with Crippen molar-refractivity contribution in [3.63, 3.8) is 0 Å².